The van der Waals surface area contributed by atoms with Crippen LogP contribution in [0.1, 0.15) is 5.56 Å². The number of alkyl halides is 3. The van der Waals surface area contributed by atoms with E-state index in [2.05, 4.69) is 4.98 Å². The van der Waals surface area contributed by atoms with E-state index >= 15 is 0 Å². The van der Waals surface area contributed by atoms with Crippen LogP contribution in [0.3, 0.4) is 0 Å². The molecule has 1 N–H and O–H groups in total. The van der Waals surface area contributed by atoms with Gasteiger partial charge in [0.15, 0.2) is 0 Å². The fourth-order valence-electron chi connectivity index (χ4n) is 1.57. The lowest BCUT2D eigenvalue weighted by molar-refractivity contribution is -0.137. The monoisotopic (exact) mass is 239 g/mol. The van der Waals surface area contributed by atoms with Crippen LogP contribution in [0.25, 0.3) is 11.3 Å². The van der Waals surface area contributed by atoms with E-state index in [0.717, 1.165) is 6.07 Å². The van der Waals surface area contributed by atoms with Gasteiger partial charge in [-0.15, -0.1) is 0 Å². The van der Waals surface area contributed by atoms with E-state index in [0.29, 0.717) is 0 Å². The topological polar surface area (TPSA) is 32.9 Å². The van der Waals surface area contributed by atoms with Gasteiger partial charge in [0, 0.05) is 17.3 Å². The molecule has 0 aliphatic carbocycles. The third kappa shape index (κ3) is 2.38. The molecule has 88 valence electrons. The van der Waals surface area contributed by atoms with E-state index in [1.807, 2.05) is 0 Å². The van der Waals surface area contributed by atoms with E-state index in [4.69, 9.17) is 0 Å². The van der Waals surface area contributed by atoms with Crippen molar-refractivity contribution < 1.29 is 13.2 Å². The molecule has 0 radical (unpaired) electrons. The minimum Gasteiger partial charge on any atom is -0.322 e. The van der Waals surface area contributed by atoms with Crippen molar-refractivity contribution in [2.45, 2.75) is 6.18 Å². The lowest BCUT2D eigenvalue weighted by Crippen LogP contribution is -2.09. The Labute approximate surface area is 94.7 Å². The van der Waals surface area contributed by atoms with Crippen molar-refractivity contribution in [3.05, 3.63) is 58.4 Å². The Balaban J connectivity index is 2.64. The Morgan fingerprint density at radius 1 is 0.941 bits per heavy atom. The molecule has 0 saturated heterocycles. The summed E-state index contributed by atoms with van der Waals surface area (Å²) in [5.74, 6) is 0. The number of aromatic amines is 1. The van der Waals surface area contributed by atoms with Crippen molar-refractivity contribution in [2.24, 2.45) is 0 Å². The molecular weight excluding hydrogens is 231 g/mol. The highest BCUT2D eigenvalue weighted by Gasteiger charge is 2.33. The lowest BCUT2D eigenvalue weighted by Gasteiger charge is -2.12. The summed E-state index contributed by atoms with van der Waals surface area (Å²) in [6.45, 7) is 0. The summed E-state index contributed by atoms with van der Waals surface area (Å²) in [5.41, 5.74) is -1.07. The maximum atomic E-state index is 12.7. The second-order valence-corrected chi connectivity index (χ2v) is 3.47. The maximum absolute atomic E-state index is 12.7. The first kappa shape index (κ1) is 11.4. The summed E-state index contributed by atoms with van der Waals surface area (Å²) >= 11 is 0. The Kier molecular flexibility index (Phi) is 2.75. The van der Waals surface area contributed by atoms with Gasteiger partial charge in [0.05, 0.1) is 5.56 Å². The summed E-state index contributed by atoms with van der Waals surface area (Å²) in [5, 5.41) is 0. The second kappa shape index (κ2) is 4.08. The Morgan fingerprint density at radius 2 is 1.65 bits per heavy atom. The number of nitrogens with one attached hydrogen (secondary N) is 1. The van der Waals surface area contributed by atoms with Gasteiger partial charge in [-0.1, -0.05) is 24.3 Å². The van der Waals surface area contributed by atoms with E-state index < -0.39 is 17.3 Å². The standard InChI is InChI=1S/C12H8F3NO/c13-12(14,15)9-5-2-1-4-8(9)10-6-3-7-11(17)16-10/h1-7H,(H,16,17). The van der Waals surface area contributed by atoms with Crippen molar-refractivity contribution in [3.63, 3.8) is 0 Å². The predicted octanol–water partition coefficient (Wildman–Crippen LogP) is 3.06. The van der Waals surface area contributed by atoms with Crippen LogP contribution < -0.4 is 5.56 Å². The van der Waals surface area contributed by atoms with Gasteiger partial charge in [0.25, 0.3) is 0 Å². The molecule has 1 aromatic heterocycles. The van der Waals surface area contributed by atoms with Crippen molar-refractivity contribution in [3.8, 4) is 11.3 Å². The van der Waals surface area contributed by atoms with Crippen LogP contribution in [0.4, 0.5) is 13.2 Å². The van der Waals surface area contributed by atoms with Crippen LogP contribution in [0, 0.1) is 0 Å². The molecule has 17 heavy (non-hydrogen) atoms. The van der Waals surface area contributed by atoms with Crippen LogP contribution in [-0.4, -0.2) is 4.98 Å². The second-order valence-electron chi connectivity index (χ2n) is 3.47. The zero-order chi connectivity index (χ0) is 12.5. The molecule has 1 aromatic carbocycles. The number of aromatic nitrogens is 1. The van der Waals surface area contributed by atoms with Crippen LogP contribution in [0.5, 0.6) is 0 Å². The zero-order valence-electron chi connectivity index (χ0n) is 8.58. The number of benzene rings is 1. The molecule has 0 aliphatic rings. The van der Waals surface area contributed by atoms with Crippen LogP contribution in [0.15, 0.2) is 47.3 Å². The fraction of sp³-hybridized carbons (Fsp3) is 0.0833. The zero-order valence-corrected chi connectivity index (χ0v) is 8.58. The van der Waals surface area contributed by atoms with Gasteiger partial charge >= 0.3 is 6.18 Å². The van der Waals surface area contributed by atoms with Gasteiger partial charge in [0.1, 0.15) is 0 Å². The van der Waals surface area contributed by atoms with Gasteiger partial charge in [0.2, 0.25) is 5.56 Å². The highest BCUT2D eigenvalue weighted by Crippen LogP contribution is 2.35. The molecule has 5 heteroatoms. The fourth-order valence-corrected chi connectivity index (χ4v) is 1.57. The van der Waals surface area contributed by atoms with E-state index in [1.54, 1.807) is 0 Å². The minimum atomic E-state index is -4.44. The molecule has 0 atom stereocenters. The molecule has 2 aromatic rings. The molecule has 0 bridgehead atoms. The van der Waals surface area contributed by atoms with Gasteiger partial charge < -0.3 is 4.98 Å². The largest absolute Gasteiger partial charge is 0.417 e. The van der Waals surface area contributed by atoms with E-state index in [9.17, 15) is 18.0 Å². The van der Waals surface area contributed by atoms with Crippen molar-refractivity contribution in [1.29, 1.82) is 0 Å². The molecule has 0 unspecified atom stereocenters. The average Bonchev–Trinajstić information content (AvgIpc) is 2.28. The number of H-pyrrole nitrogens is 1. The number of hydrogen-bond acceptors (Lipinski definition) is 1. The van der Waals surface area contributed by atoms with Crippen LogP contribution in [0.2, 0.25) is 0 Å². The van der Waals surface area contributed by atoms with Gasteiger partial charge in [-0.3, -0.25) is 4.79 Å². The Bertz CT molecular complexity index is 587. The molecule has 0 aliphatic heterocycles. The molecule has 2 nitrogen and oxygen atoms in total. The first-order chi connectivity index (χ1) is 7.98. The molecule has 1 heterocycles. The van der Waals surface area contributed by atoms with Gasteiger partial charge in [-0.05, 0) is 12.1 Å². The van der Waals surface area contributed by atoms with E-state index in [-0.39, 0.29) is 11.3 Å². The molecule has 0 amide bonds. The van der Waals surface area contributed by atoms with E-state index in [1.165, 1.54) is 36.4 Å². The number of rotatable bonds is 1. The quantitative estimate of drug-likeness (QED) is 0.815. The number of hydrogen-bond donors (Lipinski definition) is 1. The summed E-state index contributed by atoms with van der Waals surface area (Å²) in [7, 11) is 0. The Hall–Kier alpha value is -2.04. The van der Waals surface area contributed by atoms with Crippen LogP contribution >= 0.6 is 0 Å². The third-order valence-corrected chi connectivity index (χ3v) is 2.29. The van der Waals surface area contributed by atoms with Crippen molar-refractivity contribution >= 4 is 0 Å². The van der Waals surface area contributed by atoms with Gasteiger partial charge in [-0.25, -0.2) is 0 Å². The summed E-state index contributed by atoms with van der Waals surface area (Å²) in [6.07, 6.45) is -4.44. The smallest absolute Gasteiger partial charge is 0.322 e. The highest BCUT2D eigenvalue weighted by molar-refractivity contribution is 5.64. The molecule has 2 rings (SSSR count). The number of pyridine rings is 1. The predicted molar refractivity (Wildman–Crippen MR) is 57.5 cm³/mol. The number of halogens is 3. The average molecular weight is 239 g/mol. The first-order valence-corrected chi connectivity index (χ1v) is 4.84. The summed E-state index contributed by atoms with van der Waals surface area (Å²) < 4.78 is 38.2. The molecule has 0 saturated carbocycles. The van der Waals surface area contributed by atoms with Crippen molar-refractivity contribution in [2.75, 3.05) is 0 Å². The normalized spacial score (nSPS) is 11.5. The molecule has 0 spiro atoms. The van der Waals surface area contributed by atoms with Gasteiger partial charge in [-0.2, -0.15) is 13.2 Å². The summed E-state index contributed by atoms with van der Waals surface area (Å²) in [6, 6.07) is 9.23. The Morgan fingerprint density at radius 3 is 2.29 bits per heavy atom. The van der Waals surface area contributed by atoms with Crippen molar-refractivity contribution in [1.82, 2.24) is 4.98 Å². The molecule has 0 fully saturated rings. The SMILES string of the molecule is O=c1cccc(-c2ccccc2C(F)(F)F)[nH]1. The first-order valence-electron chi connectivity index (χ1n) is 4.84. The summed E-state index contributed by atoms with van der Waals surface area (Å²) in [4.78, 5) is 13.5. The minimum absolute atomic E-state index is 0.0299. The lowest BCUT2D eigenvalue weighted by atomic mass is 10.0. The maximum Gasteiger partial charge on any atom is 0.417 e. The third-order valence-electron chi connectivity index (χ3n) is 2.29. The molecular formula is C12H8F3NO. The highest BCUT2D eigenvalue weighted by atomic mass is 19.4. The van der Waals surface area contributed by atoms with Crippen LogP contribution in [-0.2, 0) is 6.18 Å².